The Morgan fingerprint density at radius 1 is 1.29 bits per heavy atom. The molecule has 0 aliphatic carbocycles. The second-order valence-electron chi connectivity index (χ2n) is 8.73. The summed E-state index contributed by atoms with van der Waals surface area (Å²) in [6.07, 6.45) is -3.72. The number of hydrogen-bond donors (Lipinski definition) is 5. The van der Waals surface area contributed by atoms with Gasteiger partial charge in [-0.05, 0) is 36.8 Å². The highest BCUT2D eigenvalue weighted by Gasteiger charge is 2.52. The highest BCUT2D eigenvalue weighted by molar-refractivity contribution is 7.54. The van der Waals surface area contributed by atoms with Gasteiger partial charge in [-0.2, -0.15) is 0 Å². The molecule has 2 aromatic heterocycles. The Bertz CT molecular complexity index is 1160. The van der Waals surface area contributed by atoms with Gasteiger partial charge in [0.1, 0.15) is 18.5 Å². The molecule has 0 spiro atoms. The number of ether oxygens (including phenoxy) is 1. The third-order valence-electron chi connectivity index (χ3n) is 6.67. The maximum absolute atomic E-state index is 12.9. The van der Waals surface area contributed by atoms with E-state index in [-0.39, 0.29) is 48.6 Å². The van der Waals surface area contributed by atoms with Crippen molar-refractivity contribution >= 4 is 30.5 Å². The number of anilines is 1. The predicted octanol–water partition coefficient (Wildman–Crippen LogP) is 2.24. The van der Waals surface area contributed by atoms with Crippen molar-refractivity contribution in [3.05, 3.63) is 16.8 Å². The molecular formula is C19H31N8O7P. The van der Waals surface area contributed by atoms with Crippen molar-refractivity contribution in [3.63, 3.8) is 0 Å². The molecule has 0 saturated carbocycles. The fourth-order valence-corrected chi connectivity index (χ4v) is 5.46. The lowest BCUT2D eigenvalue weighted by atomic mass is 9.88. The van der Waals surface area contributed by atoms with E-state index in [2.05, 4.69) is 25.0 Å². The van der Waals surface area contributed by atoms with Crippen LogP contribution in [-0.4, -0.2) is 69.0 Å². The molecule has 1 saturated heterocycles. The van der Waals surface area contributed by atoms with E-state index in [1.165, 1.54) is 11.5 Å². The van der Waals surface area contributed by atoms with Gasteiger partial charge >= 0.3 is 7.60 Å². The smallest absolute Gasteiger partial charge is 0.359 e. The molecule has 0 amide bonds. The third-order valence-corrected chi connectivity index (χ3v) is 8.84. The molecule has 1 aliphatic heterocycles. The third kappa shape index (κ3) is 4.86. The average Bonchev–Trinajstić information content (AvgIpc) is 3.31. The zero-order valence-corrected chi connectivity index (χ0v) is 20.8. The SMILES string of the molecule is CCC(CC)(CC1OC(n2c(N=[N+]=[N-])nc3c(N)ncnc32)[C@H](O)[C@@H]1O)OP(=O)(O)C(C)(O)CC. The molecule has 4 unspecified atom stereocenters. The zero-order chi connectivity index (χ0) is 26.2. The van der Waals surface area contributed by atoms with Crippen LogP contribution in [0.15, 0.2) is 11.4 Å². The van der Waals surface area contributed by atoms with E-state index in [0.717, 1.165) is 6.33 Å². The molecule has 2 aromatic rings. The van der Waals surface area contributed by atoms with Crippen molar-refractivity contribution in [1.29, 1.82) is 0 Å². The van der Waals surface area contributed by atoms with Crippen molar-refractivity contribution in [2.45, 2.75) is 88.9 Å². The summed E-state index contributed by atoms with van der Waals surface area (Å²) in [5.41, 5.74) is 13.8. The number of aromatic nitrogens is 4. The van der Waals surface area contributed by atoms with E-state index in [4.69, 9.17) is 20.5 Å². The highest BCUT2D eigenvalue weighted by Crippen LogP contribution is 2.59. The number of aliphatic hydroxyl groups is 3. The summed E-state index contributed by atoms with van der Waals surface area (Å²) in [5, 5.41) is 33.6. The minimum atomic E-state index is -4.51. The fraction of sp³-hybridized carbons (Fsp3) is 0.737. The summed E-state index contributed by atoms with van der Waals surface area (Å²) in [6.45, 7) is 6.26. The first-order valence-corrected chi connectivity index (χ1v) is 12.8. The Morgan fingerprint density at radius 3 is 2.51 bits per heavy atom. The molecule has 15 nitrogen and oxygen atoms in total. The molecule has 1 aliphatic rings. The van der Waals surface area contributed by atoms with Crippen LogP contribution < -0.4 is 5.73 Å². The van der Waals surface area contributed by atoms with Crippen LogP contribution in [0.3, 0.4) is 0 Å². The van der Waals surface area contributed by atoms with Gasteiger partial charge in [0.05, 0.1) is 11.7 Å². The van der Waals surface area contributed by atoms with Crippen LogP contribution >= 0.6 is 7.60 Å². The Hall–Kier alpha value is -2.35. The normalized spacial score (nSPS) is 26.3. The van der Waals surface area contributed by atoms with E-state index in [0.29, 0.717) is 0 Å². The first-order valence-electron chi connectivity index (χ1n) is 11.2. The number of imidazole rings is 1. The maximum Gasteiger partial charge on any atom is 0.359 e. The van der Waals surface area contributed by atoms with Crippen molar-refractivity contribution in [3.8, 4) is 0 Å². The Morgan fingerprint density at radius 2 is 1.94 bits per heavy atom. The number of nitrogen functional groups attached to an aromatic ring is 1. The molecule has 1 fully saturated rings. The zero-order valence-electron chi connectivity index (χ0n) is 19.9. The first kappa shape index (κ1) is 27.2. The number of fused-ring (bicyclic) bond motifs is 1. The molecule has 6 atom stereocenters. The Labute approximate surface area is 201 Å². The molecule has 16 heteroatoms. The molecule has 0 bridgehead atoms. The second kappa shape index (κ2) is 9.96. The predicted molar refractivity (Wildman–Crippen MR) is 124 cm³/mol. The summed E-state index contributed by atoms with van der Waals surface area (Å²) >= 11 is 0. The molecule has 6 N–H and O–H groups in total. The Kier molecular flexibility index (Phi) is 7.75. The van der Waals surface area contributed by atoms with Crippen LogP contribution in [0, 0.1) is 0 Å². The topological polar surface area (TPSA) is 235 Å². The largest absolute Gasteiger partial charge is 0.388 e. The molecule has 0 radical (unpaired) electrons. The molecule has 0 aromatic carbocycles. The first-order chi connectivity index (χ1) is 16.4. The average molecular weight is 514 g/mol. The number of nitrogens with zero attached hydrogens (tertiary/aromatic N) is 7. The number of nitrogens with two attached hydrogens (primary N) is 1. The van der Waals surface area contributed by atoms with E-state index in [9.17, 15) is 24.8 Å². The van der Waals surface area contributed by atoms with Gasteiger partial charge in [-0.15, -0.1) is 0 Å². The monoisotopic (exact) mass is 514 g/mol. The molecule has 3 heterocycles. The highest BCUT2D eigenvalue weighted by atomic mass is 31.2. The number of azide groups is 1. The summed E-state index contributed by atoms with van der Waals surface area (Å²) < 4.78 is 25.8. The van der Waals surface area contributed by atoms with Crippen LogP contribution in [0.4, 0.5) is 11.8 Å². The van der Waals surface area contributed by atoms with Crippen LogP contribution in [0.5, 0.6) is 0 Å². The van der Waals surface area contributed by atoms with E-state index >= 15 is 0 Å². The molecule has 35 heavy (non-hydrogen) atoms. The number of rotatable bonds is 10. The van der Waals surface area contributed by atoms with Gasteiger partial charge in [0.15, 0.2) is 28.6 Å². The van der Waals surface area contributed by atoms with E-state index < -0.39 is 43.1 Å². The van der Waals surface area contributed by atoms with Gasteiger partial charge < -0.3 is 30.7 Å². The molecule has 3 rings (SSSR count). The van der Waals surface area contributed by atoms with Crippen LogP contribution in [-0.2, 0) is 13.8 Å². The van der Waals surface area contributed by atoms with Gasteiger partial charge in [0, 0.05) is 11.3 Å². The van der Waals surface area contributed by atoms with Crippen LogP contribution in [0.1, 0.15) is 59.6 Å². The van der Waals surface area contributed by atoms with Crippen molar-refractivity contribution in [2.24, 2.45) is 5.11 Å². The van der Waals surface area contributed by atoms with Gasteiger partial charge in [0.25, 0.3) is 0 Å². The lowest BCUT2D eigenvalue weighted by Gasteiger charge is -2.39. The minimum absolute atomic E-state index is 0.0128. The van der Waals surface area contributed by atoms with Gasteiger partial charge in [-0.3, -0.25) is 13.7 Å². The van der Waals surface area contributed by atoms with Gasteiger partial charge in [-0.25, -0.2) is 15.0 Å². The lowest BCUT2D eigenvalue weighted by molar-refractivity contribution is -0.0749. The second-order valence-corrected chi connectivity index (χ2v) is 10.9. The maximum atomic E-state index is 12.9. The summed E-state index contributed by atoms with van der Waals surface area (Å²) in [4.78, 5) is 25.3. The molecular weight excluding hydrogens is 483 g/mol. The van der Waals surface area contributed by atoms with E-state index in [1.807, 2.05) is 0 Å². The summed E-state index contributed by atoms with van der Waals surface area (Å²) in [7, 11) is -4.51. The number of hydrogen-bond acceptors (Lipinski definition) is 11. The standard InChI is InChI=1S/C19H31N8O7P/c1-5-18(4,30)35(31,32)34-19(6-2,7-3)8-10-12(28)13(29)16(33-10)27-15-11(14(20)22-9-23-15)24-17(27)25-26-21/h9-10,12-13,16,28-30H,5-8H2,1-4H3,(H,31,32)(H2,20,22,23)/t10?,12-,13-,16?,18?/m1/s1. The van der Waals surface area contributed by atoms with Gasteiger partial charge in [0.2, 0.25) is 5.95 Å². The van der Waals surface area contributed by atoms with Crippen molar-refractivity contribution in [1.82, 2.24) is 19.5 Å². The van der Waals surface area contributed by atoms with Crippen molar-refractivity contribution < 1.29 is 34.0 Å². The lowest BCUT2D eigenvalue weighted by Crippen LogP contribution is -2.41. The summed E-state index contributed by atoms with van der Waals surface area (Å²) in [5.74, 6) is -0.197. The molecule has 194 valence electrons. The van der Waals surface area contributed by atoms with Crippen molar-refractivity contribution in [2.75, 3.05) is 5.73 Å². The Balaban J connectivity index is 1.97. The van der Waals surface area contributed by atoms with Gasteiger partial charge in [-0.1, -0.05) is 20.8 Å². The van der Waals surface area contributed by atoms with Crippen LogP contribution in [0.25, 0.3) is 21.6 Å². The summed E-state index contributed by atoms with van der Waals surface area (Å²) in [6, 6.07) is 0. The number of aliphatic hydroxyl groups excluding tert-OH is 2. The van der Waals surface area contributed by atoms with E-state index in [1.54, 1.807) is 20.8 Å². The minimum Gasteiger partial charge on any atom is -0.388 e. The quantitative estimate of drug-likeness (QED) is 0.133. The van der Waals surface area contributed by atoms with Crippen LogP contribution in [0.2, 0.25) is 0 Å². The fourth-order valence-electron chi connectivity index (χ4n) is 4.00.